The summed E-state index contributed by atoms with van der Waals surface area (Å²) in [4.78, 5) is 4.87. The van der Waals surface area contributed by atoms with Gasteiger partial charge in [0.05, 0.1) is 0 Å². The Labute approximate surface area is 97.8 Å². The average Bonchev–Trinajstić information content (AvgIpc) is 2.34. The maximum atomic E-state index is 5.92. The van der Waals surface area contributed by atoms with Crippen molar-refractivity contribution in [2.24, 2.45) is 5.73 Å². The average molecular weight is 219 g/mol. The van der Waals surface area contributed by atoms with Crippen LogP contribution in [0, 0.1) is 0 Å². The van der Waals surface area contributed by atoms with Crippen LogP contribution < -0.4 is 5.73 Å². The normalized spacial score (nSPS) is 20.9. The van der Waals surface area contributed by atoms with Crippen molar-refractivity contribution in [3.63, 3.8) is 0 Å². The van der Waals surface area contributed by atoms with Gasteiger partial charge in [-0.3, -0.25) is 4.90 Å². The van der Waals surface area contributed by atoms with E-state index in [1.54, 1.807) is 0 Å². The van der Waals surface area contributed by atoms with Crippen LogP contribution in [0.1, 0.15) is 11.6 Å². The highest BCUT2D eigenvalue weighted by molar-refractivity contribution is 5.19. The summed E-state index contributed by atoms with van der Waals surface area (Å²) >= 11 is 0. The van der Waals surface area contributed by atoms with E-state index >= 15 is 0 Å². The summed E-state index contributed by atoms with van der Waals surface area (Å²) in [5.74, 6) is 0. The predicted molar refractivity (Wildman–Crippen MR) is 67.3 cm³/mol. The molecule has 1 aromatic rings. The van der Waals surface area contributed by atoms with E-state index in [0.717, 1.165) is 26.2 Å². The minimum Gasteiger partial charge on any atom is -0.329 e. The molecule has 2 N–H and O–H groups in total. The molecule has 0 aliphatic carbocycles. The third-order valence-corrected chi connectivity index (χ3v) is 3.39. The first-order valence-electron chi connectivity index (χ1n) is 5.99. The van der Waals surface area contributed by atoms with Crippen LogP contribution in [-0.4, -0.2) is 49.6 Å². The van der Waals surface area contributed by atoms with Gasteiger partial charge in [-0.15, -0.1) is 0 Å². The second kappa shape index (κ2) is 5.43. The molecule has 0 saturated carbocycles. The lowest BCUT2D eigenvalue weighted by molar-refractivity contribution is 0.114. The van der Waals surface area contributed by atoms with E-state index < -0.39 is 0 Å². The molecular weight excluding hydrogens is 198 g/mol. The smallest absolute Gasteiger partial charge is 0.0471 e. The Morgan fingerprint density at radius 2 is 1.75 bits per heavy atom. The van der Waals surface area contributed by atoms with Crippen molar-refractivity contribution in [3.05, 3.63) is 35.9 Å². The molecule has 1 atom stereocenters. The first kappa shape index (κ1) is 11.6. The number of piperazine rings is 1. The summed E-state index contributed by atoms with van der Waals surface area (Å²) in [5, 5.41) is 0. The number of nitrogens with two attached hydrogens (primary N) is 1. The molecule has 0 bridgehead atoms. The lowest BCUT2D eigenvalue weighted by Crippen LogP contribution is -2.47. The first-order chi connectivity index (χ1) is 7.81. The van der Waals surface area contributed by atoms with E-state index in [-0.39, 0.29) is 0 Å². The lowest BCUT2D eigenvalue weighted by atomic mass is 10.0. The Balaban J connectivity index is 2.05. The van der Waals surface area contributed by atoms with Gasteiger partial charge in [0.2, 0.25) is 0 Å². The van der Waals surface area contributed by atoms with E-state index in [1.165, 1.54) is 5.56 Å². The fourth-order valence-corrected chi connectivity index (χ4v) is 2.30. The molecular formula is C13H21N3. The van der Waals surface area contributed by atoms with E-state index in [1.807, 2.05) is 0 Å². The molecule has 16 heavy (non-hydrogen) atoms. The second-order valence-electron chi connectivity index (χ2n) is 4.50. The summed E-state index contributed by atoms with van der Waals surface area (Å²) in [6.45, 7) is 5.22. The number of rotatable bonds is 3. The molecule has 3 heteroatoms. The van der Waals surface area contributed by atoms with Crippen LogP contribution in [0.3, 0.4) is 0 Å². The van der Waals surface area contributed by atoms with Crippen molar-refractivity contribution in [1.29, 1.82) is 0 Å². The van der Waals surface area contributed by atoms with E-state index in [2.05, 4.69) is 47.2 Å². The zero-order valence-corrected chi connectivity index (χ0v) is 9.97. The highest BCUT2D eigenvalue weighted by Crippen LogP contribution is 2.20. The van der Waals surface area contributed by atoms with Crippen LogP contribution in [0.4, 0.5) is 0 Å². The predicted octanol–water partition coefficient (Wildman–Crippen LogP) is 0.934. The number of likely N-dealkylation sites (N-methyl/N-ethyl adjacent to an activating group) is 1. The third kappa shape index (κ3) is 2.61. The standard InChI is InChI=1S/C13H21N3/c1-15-7-9-16(10-8-15)13(11-14)12-5-3-2-4-6-12/h2-6,13H,7-11,14H2,1H3/t13-/m1/s1. The SMILES string of the molecule is CN1CCN([C@H](CN)c2ccccc2)CC1. The molecule has 88 valence electrons. The van der Waals surface area contributed by atoms with Crippen LogP contribution >= 0.6 is 0 Å². The minimum atomic E-state index is 0.384. The van der Waals surface area contributed by atoms with Crippen molar-refractivity contribution in [2.45, 2.75) is 6.04 Å². The van der Waals surface area contributed by atoms with Gasteiger partial charge >= 0.3 is 0 Å². The minimum absolute atomic E-state index is 0.384. The molecule has 1 aromatic carbocycles. The van der Waals surface area contributed by atoms with Crippen molar-refractivity contribution in [1.82, 2.24) is 9.80 Å². The molecule has 1 saturated heterocycles. The molecule has 0 unspecified atom stereocenters. The van der Waals surface area contributed by atoms with Crippen molar-refractivity contribution in [3.8, 4) is 0 Å². The Hall–Kier alpha value is -0.900. The van der Waals surface area contributed by atoms with Crippen molar-refractivity contribution < 1.29 is 0 Å². The molecule has 1 aliphatic heterocycles. The molecule has 3 nitrogen and oxygen atoms in total. The molecule has 0 spiro atoms. The zero-order valence-electron chi connectivity index (χ0n) is 9.97. The van der Waals surface area contributed by atoms with Crippen molar-refractivity contribution in [2.75, 3.05) is 39.8 Å². The van der Waals surface area contributed by atoms with Gasteiger partial charge in [0.15, 0.2) is 0 Å². The highest BCUT2D eigenvalue weighted by Gasteiger charge is 2.22. The highest BCUT2D eigenvalue weighted by atomic mass is 15.3. The number of nitrogens with zero attached hydrogens (tertiary/aromatic N) is 2. The van der Waals surface area contributed by atoms with Gasteiger partial charge < -0.3 is 10.6 Å². The van der Waals surface area contributed by atoms with E-state index in [0.29, 0.717) is 12.6 Å². The van der Waals surface area contributed by atoms with Gasteiger partial charge in [-0.1, -0.05) is 30.3 Å². The summed E-state index contributed by atoms with van der Waals surface area (Å²) in [6.07, 6.45) is 0. The summed E-state index contributed by atoms with van der Waals surface area (Å²) in [6, 6.07) is 11.0. The molecule has 1 fully saturated rings. The maximum Gasteiger partial charge on any atom is 0.0471 e. The van der Waals surface area contributed by atoms with Gasteiger partial charge in [0, 0.05) is 38.8 Å². The second-order valence-corrected chi connectivity index (χ2v) is 4.50. The van der Waals surface area contributed by atoms with Gasteiger partial charge in [-0.25, -0.2) is 0 Å². The topological polar surface area (TPSA) is 32.5 Å². The number of benzene rings is 1. The molecule has 0 radical (unpaired) electrons. The maximum absolute atomic E-state index is 5.92. The molecule has 1 heterocycles. The molecule has 0 aromatic heterocycles. The summed E-state index contributed by atoms with van der Waals surface area (Å²) in [5.41, 5.74) is 7.26. The van der Waals surface area contributed by atoms with E-state index in [9.17, 15) is 0 Å². The van der Waals surface area contributed by atoms with Gasteiger partial charge in [0.25, 0.3) is 0 Å². The monoisotopic (exact) mass is 219 g/mol. The third-order valence-electron chi connectivity index (χ3n) is 3.39. The number of hydrogen-bond acceptors (Lipinski definition) is 3. The zero-order chi connectivity index (χ0) is 11.4. The largest absolute Gasteiger partial charge is 0.329 e. The summed E-state index contributed by atoms with van der Waals surface area (Å²) < 4.78 is 0. The molecule has 1 aliphatic rings. The first-order valence-corrected chi connectivity index (χ1v) is 5.99. The van der Waals surface area contributed by atoms with Crippen LogP contribution in [0.2, 0.25) is 0 Å². The lowest BCUT2D eigenvalue weighted by Gasteiger charge is -2.37. The van der Waals surface area contributed by atoms with Gasteiger partial charge in [0.1, 0.15) is 0 Å². The fourth-order valence-electron chi connectivity index (χ4n) is 2.30. The van der Waals surface area contributed by atoms with Crippen LogP contribution in [0.5, 0.6) is 0 Å². The van der Waals surface area contributed by atoms with Crippen molar-refractivity contribution >= 4 is 0 Å². The number of hydrogen-bond donors (Lipinski definition) is 1. The van der Waals surface area contributed by atoms with Crippen LogP contribution in [0.15, 0.2) is 30.3 Å². The Kier molecular flexibility index (Phi) is 3.93. The van der Waals surface area contributed by atoms with Crippen LogP contribution in [-0.2, 0) is 0 Å². The Bertz CT molecular complexity index is 304. The summed E-state index contributed by atoms with van der Waals surface area (Å²) in [7, 11) is 2.18. The van der Waals surface area contributed by atoms with Crippen LogP contribution in [0.25, 0.3) is 0 Å². The van der Waals surface area contributed by atoms with Gasteiger partial charge in [-0.2, -0.15) is 0 Å². The van der Waals surface area contributed by atoms with Gasteiger partial charge in [-0.05, 0) is 12.6 Å². The molecule has 2 rings (SSSR count). The molecule has 0 amide bonds. The quantitative estimate of drug-likeness (QED) is 0.821. The Morgan fingerprint density at radius 3 is 2.31 bits per heavy atom. The fraction of sp³-hybridized carbons (Fsp3) is 0.538. The van der Waals surface area contributed by atoms with E-state index in [4.69, 9.17) is 5.73 Å². The Morgan fingerprint density at radius 1 is 1.12 bits per heavy atom.